The molecule has 2 atom stereocenters. The molecule has 1 aliphatic carbocycles. The number of aliphatic hydroxyl groups is 1. The third-order valence-electron chi connectivity index (χ3n) is 4.01. The van der Waals surface area contributed by atoms with Crippen LogP contribution in [-0.2, 0) is 9.47 Å². The predicted molar refractivity (Wildman–Crippen MR) is 98.0 cm³/mol. The van der Waals surface area contributed by atoms with Crippen LogP contribution < -0.4 is 10.6 Å². The van der Waals surface area contributed by atoms with Gasteiger partial charge < -0.3 is 25.2 Å². The largest absolute Gasteiger partial charge is 0.388 e. The number of ether oxygens (including phenoxy) is 2. The second kappa shape index (κ2) is 9.89. The molecule has 7 heteroatoms. The Hall–Kier alpha value is -0.120. The van der Waals surface area contributed by atoms with E-state index in [9.17, 15) is 5.11 Å². The fourth-order valence-electron chi connectivity index (χ4n) is 2.49. The standard InChI is InChI=1S/C15H29N3O3.HI/c1-3-16-14(17-11-15(19)6-4-7-15)18-12(2)9-21-13-5-8-20-10-13;/h12-13,19H,3-11H2,1-2H3,(H2,16,17,18);1H. The van der Waals surface area contributed by atoms with Gasteiger partial charge in [-0.15, -0.1) is 24.0 Å². The molecular weight excluding hydrogens is 397 g/mol. The lowest BCUT2D eigenvalue weighted by atomic mass is 9.80. The van der Waals surface area contributed by atoms with Gasteiger partial charge >= 0.3 is 0 Å². The topological polar surface area (TPSA) is 75.1 Å². The highest BCUT2D eigenvalue weighted by Gasteiger charge is 2.34. The number of halogens is 1. The molecule has 130 valence electrons. The lowest BCUT2D eigenvalue weighted by molar-refractivity contribution is -0.0236. The zero-order chi connectivity index (χ0) is 15.1. The van der Waals surface area contributed by atoms with Gasteiger partial charge in [-0.25, -0.2) is 0 Å². The van der Waals surface area contributed by atoms with Crippen molar-refractivity contribution < 1.29 is 14.6 Å². The highest BCUT2D eigenvalue weighted by atomic mass is 127. The Morgan fingerprint density at radius 2 is 2.27 bits per heavy atom. The van der Waals surface area contributed by atoms with Crippen LogP contribution >= 0.6 is 24.0 Å². The van der Waals surface area contributed by atoms with Crippen LogP contribution in [0.3, 0.4) is 0 Å². The van der Waals surface area contributed by atoms with Crippen molar-refractivity contribution in [3.8, 4) is 0 Å². The first-order chi connectivity index (χ1) is 10.1. The normalized spacial score (nSPS) is 25.0. The summed E-state index contributed by atoms with van der Waals surface area (Å²) < 4.78 is 11.1. The molecule has 6 nitrogen and oxygen atoms in total. The van der Waals surface area contributed by atoms with Crippen molar-refractivity contribution in [2.24, 2.45) is 4.99 Å². The average molecular weight is 427 g/mol. The van der Waals surface area contributed by atoms with Gasteiger partial charge in [-0.2, -0.15) is 0 Å². The maximum Gasteiger partial charge on any atom is 0.191 e. The molecule has 2 rings (SSSR count). The van der Waals surface area contributed by atoms with E-state index in [1.807, 2.05) is 6.92 Å². The van der Waals surface area contributed by atoms with E-state index in [0.717, 1.165) is 44.8 Å². The highest BCUT2D eigenvalue weighted by Crippen LogP contribution is 2.31. The van der Waals surface area contributed by atoms with E-state index < -0.39 is 5.60 Å². The van der Waals surface area contributed by atoms with E-state index in [-0.39, 0.29) is 36.1 Å². The molecule has 22 heavy (non-hydrogen) atoms. The Kier molecular flexibility index (Phi) is 8.96. The molecular formula is C15H30IN3O3. The van der Waals surface area contributed by atoms with Gasteiger partial charge in [-0.3, -0.25) is 4.99 Å². The van der Waals surface area contributed by atoms with Crippen LogP contribution in [0.5, 0.6) is 0 Å². The second-order valence-corrected chi connectivity index (χ2v) is 6.14. The number of aliphatic imine (C=N–C) groups is 1. The van der Waals surface area contributed by atoms with Crippen LogP contribution in [0.25, 0.3) is 0 Å². The van der Waals surface area contributed by atoms with Gasteiger partial charge in [0.05, 0.1) is 31.5 Å². The average Bonchev–Trinajstić information content (AvgIpc) is 2.94. The third-order valence-corrected chi connectivity index (χ3v) is 4.01. The quantitative estimate of drug-likeness (QED) is 0.324. The van der Waals surface area contributed by atoms with Crippen molar-refractivity contribution in [1.29, 1.82) is 0 Å². The van der Waals surface area contributed by atoms with Gasteiger partial charge in [0.1, 0.15) is 0 Å². The lowest BCUT2D eigenvalue weighted by Crippen LogP contribution is -2.46. The van der Waals surface area contributed by atoms with Gasteiger partial charge in [-0.05, 0) is 39.5 Å². The summed E-state index contributed by atoms with van der Waals surface area (Å²) in [6, 6.07) is 0.166. The summed E-state index contributed by atoms with van der Waals surface area (Å²) in [6.45, 7) is 7.50. The van der Waals surface area contributed by atoms with Crippen molar-refractivity contribution in [1.82, 2.24) is 10.6 Å². The van der Waals surface area contributed by atoms with E-state index in [2.05, 4.69) is 22.5 Å². The molecule has 0 spiro atoms. The van der Waals surface area contributed by atoms with E-state index in [1.165, 1.54) is 0 Å². The van der Waals surface area contributed by atoms with Crippen LogP contribution in [0.1, 0.15) is 39.5 Å². The monoisotopic (exact) mass is 427 g/mol. The number of nitrogens with one attached hydrogen (secondary N) is 2. The summed E-state index contributed by atoms with van der Waals surface area (Å²) in [5.41, 5.74) is -0.580. The molecule has 0 aromatic heterocycles. The third kappa shape index (κ3) is 6.55. The van der Waals surface area contributed by atoms with Gasteiger partial charge in [-0.1, -0.05) is 0 Å². The first kappa shape index (κ1) is 19.9. The van der Waals surface area contributed by atoms with Gasteiger partial charge in [0, 0.05) is 19.2 Å². The highest BCUT2D eigenvalue weighted by molar-refractivity contribution is 14.0. The van der Waals surface area contributed by atoms with Gasteiger partial charge in [0.25, 0.3) is 0 Å². The van der Waals surface area contributed by atoms with Crippen LogP contribution in [0.2, 0.25) is 0 Å². The Balaban J connectivity index is 0.00000242. The maximum atomic E-state index is 10.1. The van der Waals surface area contributed by atoms with Crippen molar-refractivity contribution in [2.45, 2.75) is 57.3 Å². The molecule has 0 bridgehead atoms. The van der Waals surface area contributed by atoms with E-state index in [1.54, 1.807) is 0 Å². The first-order valence-electron chi connectivity index (χ1n) is 8.08. The lowest BCUT2D eigenvalue weighted by Gasteiger charge is -2.35. The molecule has 0 aromatic rings. The Morgan fingerprint density at radius 3 is 2.82 bits per heavy atom. The molecule has 2 unspecified atom stereocenters. The van der Waals surface area contributed by atoms with E-state index in [0.29, 0.717) is 19.8 Å². The number of guanidine groups is 1. The maximum absolute atomic E-state index is 10.1. The van der Waals surface area contributed by atoms with Crippen molar-refractivity contribution in [2.75, 3.05) is 32.9 Å². The second-order valence-electron chi connectivity index (χ2n) is 6.14. The molecule has 0 radical (unpaired) electrons. The zero-order valence-corrected chi connectivity index (χ0v) is 16.0. The number of rotatable bonds is 7. The van der Waals surface area contributed by atoms with Crippen LogP contribution in [0.15, 0.2) is 4.99 Å². The molecule has 1 saturated carbocycles. The Bertz CT molecular complexity index is 345. The summed E-state index contributed by atoms with van der Waals surface area (Å²) in [7, 11) is 0. The predicted octanol–water partition coefficient (Wildman–Crippen LogP) is 1.27. The molecule has 0 amide bonds. The number of hydrogen-bond donors (Lipinski definition) is 3. The molecule has 3 N–H and O–H groups in total. The summed E-state index contributed by atoms with van der Waals surface area (Å²) >= 11 is 0. The van der Waals surface area contributed by atoms with Crippen molar-refractivity contribution in [3.05, 3.63) is 0 Å². The van der Waals surface area contributed by atoms with Crippen LogP contribution in [-0.4, -0.2) is 61.7 Å². The van der Waals surface area contributed by atoms with Crippen LogP contribution in [0, 0.1) is 0 Å². The van der Waals surface area contributed by atoms with Gasteiger partial charge in [0.15, 0.2) is 5.96 Å². The van der Waals surface area contributed by atoms with Gasteiger partial charge in [0.2, 0.25) is 0 Å². The Labute approximate surface area is 150 Å². The van der Waals surface area contributed by atoms with E-state index in [4.69, 9.17) is 9.47 Å². The molecule has 2 fully saturated rings. The number of nitrogens with zero attached hydrogens (tertiary/aromatic N) is 1. The first-order valence-corrected chi connectivity index (χ1v) is 8.08. The molecule has 0 aromatic carbocycles. The SMILES string of the molecule is CCNC(=NCC1(O)CCC1)NC(C)COC1CCOC1.I. The summed E-state index contributed by atoms with van der Waals surface area (Å²) in [6.07, 6.45) is 4.02. The Morgan fingerprint density at radius 1 is 1.50 bits per heavy atom. The van der Waals surface area contributed by atoms with Crippen molar-refractivity contribution in [3.63, 3.8) is 0 Å². The zero-order valence-electron chi connectivity index (χ0n) is 13.6. The van der Waals surface area contributed by atoms with E-state index >= 15 is 0 Å². The number of hydrogen-bond acceptors (Lipinski definition) is 4. The smallest absolute Gasteiger partial charge is 0.191 e. The minimum absolute atomic E-state index is 0. The van der Waals surface area contributed by atoms with Crippen LogP contribution in [0.4, 0.5) is 0 Å². The fourth-order valence-corrected chi connectivity index (χ4v) is 2.49. The fraction of sp³-hybridized carbons (Fsp3) is 0.933. The summed E-state index contributed by atoms with van der Waals surface area (Å²) in [5.74, 6) is 0.747. The molecule has 1 heterocycles. The molecule has 1 saturated heterocycles. The molecule has 2 aliphatic rings. The minimum atomic E-state index is -0.580. The summed E-state index contributed by atoms with van der Waals surface area (Å²) in [4.78, 5) is 4.49. The minimum Gasteiger partial charge on any atom is -0.388 e. The molecule has 1 aliphatic heterocycles. The summed E-state index contributed by atoms with van der Waals surface area (Å²) in [5, 5.41) is 16.6. The van der Waals surface area contributed by atoms with Crippen molar-refractivity contribution >= 4 is 29.9 Å².